The number of anilines is 2. The molecule has 8 nitrogen and oxygen atoms in total. The molecule has 0 bridgehead atoms. The number of amides is 1. The van der Waals surface area contributed by atoms with E-state index in [2.05, 4.69) is 15.3 Å². The quantitative estimate of drug-likeness (QED) is 0.301. The summed E-state index contributed by atoms with van der Waals surface area (Å²) in [5.41, 5.74) is 1.33. The van der Waals surface area contributed by atoms with Crippen molar-refractivity contribution in [3.05, 3.63) is 101 Å². The van der Waals surface area contributed by atoms with Crippen LogP contribution in [0.3, 0.4) is 0 Å². The maximum absolute atomic E-state index is 13.5. The Labute approximate surface area is 212 Å². The molecule has 0 saturated heterocycles. The molecule has 2 aromatic heterocycles. The minimum atomic E-state index is -3.79. The van der Waals surface area contributed by atoms with Crippen molar-refractivity contribution in [2.24, 2.45) is 0 Å². The molecule has 0 aliphatic carbocycles. The van der Waals surface area contributed by atoms with Crippen LogP contribution in [0.2, 0.25) is 5.02 Å². The first-order chi connectivity index (χ1) is 17.2. The SMILES string of the molecule is CCS(=O)(=O)c1ncc(N(Cc2ccc(F)cc2)Cc2ccco2)c(C(=O)Nc2ccc(Cl)cc2)n1. The standard InChI is InChI=1S/C25H22ClFN4O4S/c1-2-36(33,34)25-28-14-22(23(30-25)24(32)29-20-11-7-18(26)8-12-20)31(16-21-4-3-13-35-21)15-17-5-9-19(27)10-6-17/h3-14H,2,15-16H2,1H3,(H,29,32). The third kappa shape index (κ3) is 6.07. The molecule has 4 rings (SSSR count). The van der Waals surface area contributed by atoms with E-state index in [1.807, 2.05) is 0 Å². The molecule has 0 aliphatic rings. The van der Waals surface area contributed by atoms with Crippen LogP contribution in [0.5, 0.6) is 0 Å². The molecule has 1 N–H and O–H groups in total. The maximum atomic E-state index is 13.5. The molecule has 0 fully saturated rings. The lowest BCUT2D eigenvalue weighted by molar-refractivity contribution is 0.102. The van der Waals surface area contributed by atoms with Gasteiger partial charge >= 0.3 is 0 Å². The molecule has 0 aliphatic heterocycles. The Morgan fingerprint density at radius 2 is 1.81 bits per heavy atom. The van der Waals surface area contributed by atoms with Crippen LogP contribution in [0, 0.1) is 5.82 Å². The topological polar surface area (TPSA) is 105 Å². The second kappa shape index (κ2) is 10.9. The van der Waals surface area contributed by atoms with Crippen molar-refractivity contribution < 1.29 is 22.0 Å². The number of hydrogen-bond donors (Lipinski definition) is 1. The van der Waals surface area contributed by atoms with E-state index in [0.717, 1.165) is 5.56 Å². The van der Waals surface area contributed by atoms with E-state index in [4.69, 9.17) is 16.0 Å². The van der Waals surface area contributed by atoms with Gasteiger partial charge in [-0.15, -0.1) is 0 Å². The van der Waals surface area contributed by atoms with Gasteiger partial charge in [0, 0.05) is 17.3 Å². The van der Waals surface area contributed by atoms with Gasteiger partial charge in [0.25, 0.3) is 5.91 Å². The summed E-state index contributed by atoms with van der Waals surface area (Å²) < 4.78 is 44.0. The lowest BCUT2D eigenvalue weighted by Gasteiger charge is -2.25. The van der Waals surface area contributed by atoms with Crippen LogP contribution in [0.25, 0.3) is 0 Å². The van der Waals surface area contributed by atoms with Crippen molar-refractivity contribution in [2.45, 2.75) is 25.2 Å². The molecule has 0 radical (unpaired) electrons. The summed E-state index contributed by atoms with van der Waals surface area (Å²) in [6.07, 6.45) is 2.83. The van der Waals surface area contributed by atoms with Crippen LogP contribution in [0.4, 0.5) is 15.8 Å². The van der Waals surface area contributed by atoms with Gasteiger partial charge in [-0.25, -0.2) is 22.8 Å². The molecule has 0 atom stereocenters. The third-order valence-corrected chi connectivity index (χ3v) is 7.04. The van der Waals surface area contributed by atoms with E-state index < -0.39 is 20.9 Å². The Morgan fingerprint density at radius 1 is 1.08 bits per heavy atom. The second-order valence-electron chi connectivity index (χ2n) is 7.81. The molecule has 4 aromatic rings. The fourth-order valence-electron chi connectivity index (χ4n) is 3.39. The van der Waals surface area contributed by atoms with Gasteiger partial charge in [0.2, 0.25) is 15.0 Å². The van der Waals surface area contributed by atoms with Crippen molar-refractivity contribution in [1.82, 2.24) is 9.97 Å². The number of nitrogens with one attached hydrogen (secondary N) is 1. The number of aromatic nitrogens is 2. The smallest absolute Gasteiger partial charge is 0.276 e. The number of halogens is 2. The normalized spacial score (nSPS) is 11.3. The molecule has 0 spiro atoms. The Balaban J connectivity index is 1.78. The average Bonchev–Trinajstić information content (AvgIpc) is 3.39. The van der Waals surface area contributed by atoms with Crippen molar-refractivity contribution in [1.29, 1.82) is 0 Å². The minimum absolute atomic E-state index is 0.138. The molecular weight excluding hydrogens is 507 g/mol. The van der Waals surface area contributed by atoms with Crippen molar-refractivity contribution >= 4 is 38.7 Å². The van der Waals surface area contributed by atoms with Crippen LogP contribution >= 0.6 is 11.6 Å². The predicted octanol–water partition coefficient (Wildman–Crippen LogP) is 5.11. The number of carbonyl (C=O) groups is 1. The van der Waals surface area contributed by atoms with Gasteiger partial charge in [-0.3, -0.25) is 4.79 Å². The summed E-state index contributed by atoms with van der Waals surface area (Å²) >= 11 is 5.93. The first-order valence-corrected chi connectivity index (χ1v) is 13.0. The fraction of sp³-hybridized carbons (Fsp3) is 0.160. The van der Waals surface area contributed by atoms with Gasteiger partial charge < -0.3 is 14.6 Å². The first-order valence-electron chi connectivity index (χ1n) is 10.9. The van der Waals surface area contributed by atoms with Crippen molar-refractivity contribution in [2.75, 3.05) is 16.0 Å². The molecule has 1 amide bonds. The van der Waals surface area contributed by atoms with E-state index in [0.29, 0.717) is 16.5 Å². The highest BCUT2D eigenvalue weighted by Crippen LogP contribution is 2.26. The third-order valence-electron chi connectivity index (χ3n) is 5.28. The Morgan fingerprint density at radius 3 is 2.44 bits per heavy atom. The highest BCUT2D eigenvalue weighted by atomic mass is 35.5. The second-order valence-corrected chi connectivity index (χ2v) is 10.4. The highest BCUT2D eigenvalue weighted by Gasteiger charge is 2.25. The molecular formula is C25H22ClFN4O4S. The summed E-state index contributed by atoms with van der Waals surface area (Å²) in [4.78, 5) is 23.3. The Kier molecular flexibility index (Phi) is 7.66. The number of benzene rings is 2. The zero-order chi connectivity index (χ0) is 25.7. The first kappa shape index (κ1) is 25.3. The Hall–Kier alpha value is -3.76. The molecule has 2 aromatic carbocycles. The average molecular weight is 529 g/mol. The van der Waals surface area contributed by atoms with E-state index in [1.54, 1.807) is 53.4 Å². The van der Waals surface area contributed by atoms with E-state index in [-0.39, 0.29) is 36.0 Å². The van der Waals surface area contributed by atoms with Crippen LogP contribution in [0.1, 0.15) is 28.7 Å². The summed E-state index contributed by atoms with van der Waals surface area (Å²) in [5, 5.41) is 2.77. The lowest BCUT2D eigenvalue weighted by atomic mass is 10.1. The number of furan rings is 1. The molecule has 0 saturated carbocycles. The summed E-state index contributed by atoms with van der Waals surface area (Å²) in [7, 11) is -3.79. The number of nitrogens with zero attached hydrogens (tertiary/aromatic N) is 3. The minimum Gasteiger partial charge on any atom is -0.467 e. The van der Waals surface area contributed by atoms with Crippen molar-refractivity contribution in [3.63, 3.8) is 0 Å². The van der Waals surface area contributed by atoms with Crippen LogP contribution in [0.15, 0.2) is 82.7 Å². The lowest BCUT2D eigenvalue weighted by Crippen LogP contribution is -2.27. The van der Waals surface area contributed by atoms with Gasteiger partial charge in [-0.2, -0.15) is 0 Å². The van der Waals surface area contributed by atoms with E-state index in [9.17, 15) is 17.6 Å². The highest BCUT2D eigenvalue weighted by molar-refractivity contribution is 7.91. The zero-order valence-corrected chi connectivity index (χ0v) is 20.8. The fourth-order valence-corrected chi connectivity index (χ4v) is 4.22. The number of hydrogen-bond acceptors (Lipinski definition) is 7. The van der Waals surface area contributed by atoms with Crippen molar-refractivity contribution in [3.8, 4) is 0 Å². The number of carbonyl (C=O) groups excluding carboxylic acids is 1. The van der Waals surface area contributed by atoms with Crippen LogP contribution in [-0.2, 0) is 22.9 Å². The largest absolute Gasteiger partial charge is 0.467 e. The molecule has 11 heteroatoms. The summed E-state index contributed by atoms with van der Waals surface area (Å²) in [6, 6.07) is 15.9. The van der Waals surface area contributed by atoms with Gasteiger partial charge in [0.1, 0.15) is 11.6 Å². The van der Waals surface area contributed by atoms with Gasteiger partial charge in [-0.05, 0) is 54.1 Å². The van der Waals surface area contributed by atoms with Crippen LogP contribution in [-0.4, -0.2) is 30.0 Å². The molecule has 0 unspecified atom stereocenters. The predicted molar refractivity (Wildman–Crippen MR) is 134 cm³/mol. The summed E-state index contributed by atoms with van der Waals surface area (Å²) in [5.74, 6) is -0.648. The number of rotatable bonds is 9. The molecule has 36 heavy (non-hydrogen) atoms. The number of sulfone groups is 1. The van der Waals surface area contributed by atoms with Gasteiger partial charge in [0.05, 0.1) is 30.4 Å². The van der Waals surface area contributed by atoms with E-state index >= 15 is 0 Å². The monoisotopic (exact) mass is 528 g/mol. The molecule has 2 heterocycles. The van der Waals surface area contributed by atoms with E-state index in [1.165, 1.54) is 31.5 Å². The van der Waals surface area contributed by atoms with Crippen LogP contribution < -0.4 is 10.2 Å². The molecule has 186 valence electrons. The van der Waals surface area contributed by atoms with Gasteiger partial charge in [0.15, 0.2) is 5.69 Å². The zero-order valence-electron chi connectivity index (χ0n) is 19.2. The Bertz CT molecular complexity index is 1440. The summed E-state index contributed by atoms with van der Waals surface area (Å²) in [6.45, 7) is 1.93. The maximum Gasteiger partial charge on any atom is 0.276 e. The van der Waals surface area contributed by atoms with Gasteiger partial charge in [-0.1, -0.05) is 30.7 Å².